The molecule has 6 nitrogen and oxygen atoms in total. The van der Waals surface area contributed by atoms with Crippen molar-refractivity contribution < 1.29 is 23.8 Å². The average molecular weight is 227 g/mol. The Hall–Kier alpha value is -1.82. The van der Waals surface area contributed by atoms with Gasteiger partial charge in [-0.1, -0.05) is 0 Å². The maximum Gasteiger partial charge on any atom is 0.329 e. The second-order valence-corrected chi connectivity index (χ2v) is 3.19. The minimum atomic E-state index is -1.10. The molecule has 88 valence electrons. The van der Waals surface area contributed by atoms with E-state index in [0.717, 1.165) is 0 Å². The maximum atomic E-state index is 11.3. The van der Waals surface area contributed by atoms with Gasteiger partial charge in [-0.15, -0.1) is 0 Å². The van der Waals surface area contributed by atoms with Crippen molar-refractivity contribution in [3.8, 4) is 0 Å². The summed E-state index contributed by atoms with van der Waals surface area (Å²) in [6, 6.07) is 3.19. The first kappa shape index (κ1) is 12.3. The van der Waals surface area contributed by atoms with Gasteiger partial charge >= 0.3 is 5.97 Å². The normalized spacial score (nSPS) is 12.1. The van der Waals surface area contributed by atoms with Crippen molar-refractivity contribution in [2.24, 2.45) is 0 Å². The van der Waals surface area contributed by atoms with Crippen molar-refractivity contribution in [3.05, 3.63) is 24.2 Å². The first-order chi connectivity index (χ1) is 7.59. The molecule has 0 aliphatic carbocycles. The Morgan fingerprint density at radius 3 is 2.88 bits per heavy atom. The summed E-state index contributed by atoms with van der Waals surface area (Å²) in [5.41, 5.74) is 0. The number of carboxylic acids is 1. The molecule has 0 aromatic carbocycles. The lowest BCUT2D eigenvalue weighted by Crippen LogP contribution is -2.30. The molecule has 0 bridgehead atoms. The first-order valence-corrected chi connectivity index (χ1v) is 4.72. The molecule has 1 rings (SSSR count). The molecule has 0 aliphatic heterocycles. The van der Waals surface area contributed by atoms with E-state index < -0.39 is 12.6 Å². The molecule has 1 aromatic heterocycles. The van der Waals surface area contributed by atoms with Crippen molar-refractivity contribution in [1.82, 2.24) is 5.32 Å². The van der Waals surface area contributed by atoms with Crippen molar-refractivity contribution in [2.45, 2.75) is 13.0 Å². The number of ether oxygens (including phenoxy) is 1. The summed E-state index contributed by atoms with van der Waals surface area (Å²) < 4.78 is 9.72. The molecule has 16 heavy (non-hydrogen) atoms. The third-order valence-electron chi connectivity index (χ3n) is 1.81. The summed E-state index contributed by atoms with van der Waals surface area (Å²) in [6.45, 7) is 0.994. The highest BCUT2D eigenvalue weighted by Crippen LogP contribution is 2.11. The van der Waals surface area contributed by atoms with Crippen LogP contribution in [0.25, 0.3) is 0 Å². The average Bonchev–Trinajstić information content (AvgIpc) is 2.69. The van der Waals surface area contributed by atoms with Gasteiger partial charge in [-0.2, -0.15) is 0 Å². The van der Waals surface area contributed by atoms with Crippen LogP contribution in [0.2, 0.25) is 0 Å². The highest BCUT2D eigenvalue weighted by molar-refractivity contribution is 5.78. The molecule has 1 atom stereocenters. The summed E-state index contributed by atoms with van der Waals surface area (Å²) in [7, 11) is 0. The lowest BCUT2D eigenvalue weighted by Gasteiger charge is -2.10. The Labute approximate surface area is 92.2 Å². The van der Waals surface area contributed by atoms with Gasteiger partial charge in [0.15, 0.2) is 0 Å². The van der Waals surface area contributed by atoms with Gasteiger partial charge in [-0.3, -0.25) is 4.79 Å². The fourth-order valence-corrected chi connectivity index (χ4v) is 1.12. The van der Waals surface area contributed by atoms with Crippen LogP contribution in [0.3, 0.4) is 0 Å². The molecule has 6 heteroatoms. The maximum absolute atomic E-state index is 11.3. The van der Waals surface area contributed by atoms with Gasteiger partial charge in [-0.05, 0) is 19.1 Å². The van der Waals surface area contributed by atoms with E-state index in [4.69, 9.17) is 9.52 Å². The third kappa shape index (κ3) is 4.14. The van der Waals surface area contributed by atoms with Crippen LogP contribution >= 0.6 is 0 Å². The van der Waals surface area contributed by atoms with E-state index in [1.165, 1.54) is 6.26 Å². The zero-order valence-corrected chi connectivity index (χ0v) is 8.80. The Morgan fingerprint density at radius 2 is 2.31 bits per heavy atom. The largest absolute Gasteiger partial charge is 0.480 e. The lowest BCUT2D eigenvalue weighted by atomic mass is 10.2. The number of hydrogen-bond donors (Lipinski definition) is 2. The molecular weight excluding hydrogens is 214 g/mol. The zero-order chi connectivity index (χ0) is 12.0. The lowest BCUT2D eigenvalue weighted by molar-refractivity contribution is -0.143. The van der Waals surface area contributed by atoms with Crippen LogP contribution in [0.5, 0.6) is 0 Å². The molecule has 0 saturated carbocycles. The standard InChI is InChI=1S/C10H13NO5/c1-7(8-3-2-4-16-8)11-9(12)5-15-6-10(13)14/h2-4,7H,5-6H2,1H3,(H,11,12)(H,13,14)/t7-/m1/s1. The number of aliphatic carboxylic acids is 1. The second kappa shape index (κ2) is 5.92. The molecule has 0 radical (unpaired) electrons. The molecule has 0 fully saturated rings. The second-order valence-electron chi connectivity index (χ2n) is 3.19. The summed E-state index contributed by atoms with van der Waals surface area (Å²) in [5, 5.41) is 10.9. The van der Waals surface area contributed by atoms with Crippen molar-refractivity contribution in [2.75, 3.05) is 13.2 Å². The van der Waals surface area contributed by atoms with E-state index in [2.05, 4.69) is 10.1 Å². The zero-order valence-electron chi connectivity index (χ0n) is 8.80. The summed E-state index contributed by atoms with van der Waals surface area (Å²) in [5.74, 6) is -0.858. The molecule has 2 N–H and O–H groups in total. The van der Waals surface area contributed by atoms with Gasteiger partial charge in [0, 0.05) is 0 Å². The van der Waals surface area contributed by atoms with E-state index in [1.807, 2.05) is 0 Å². The molecule has 0 aliphatic rings. The fourth-order valence-electron chi connectivity index (χ4n) is 1.12. The molecule has 1 heterocycles. The van der Waals surface area contributed by atoms with Crippen molar-refractivity contribution in [1.29, 1.82) is 0 Å². The first-order valence-electron chi connectivity index (χ1n) is 4.72. The number of hydrogen-bond acceptors (Lipinski definition) is 4. The fraction of sp³-hybridized carbons (Fsp3) is 0.400. The van der Waals surface area contributed by atoms with Crippen LogP contribution in [-0.2, 0) is 14.3 Å². The van der Waals surface area contributed by atoms with Crippen LogP contribution in [0.15, 0.2) is 22.8 Å². The number of nitrogens with one attached hydrogen (secondary N) is 1. The van der Waals surface area contributed by atoms with Crippen LogP contribution < -0.4 is 5.32 Å². The summed E-state index contributed by atoms with van der Waals surface area (Å²) in [6.07, 6.45) is 1.51. The highest BCUT2D eigenvalue weighted by Gasteiger charge is 2.11. The van der Waals surface area contributed by atoms with E-state index in [0.29, 0.717) is 5.76 Å². The molecule has 1 amide bonds. The van der Waals surface area contributed by atoms with Crippen LogP contribution in [-0.4, -0.2) is 30.2 Å². The minimum absolute atomic E-state index is 0.268. The molecular formula is C10H13NO5. The van der Waals surface area contributed by atoms with Gasteiger partial charge in [0.25, 0.3) is 0 Å². The Bertz CT molecular complexity index is 346. The summed E-state index contributed by atoms with van der Waals surface area (Å²) >= 11 is 0. The quantitative estimate of drug-likeness (QED) is 0.741. The van der Waals surface area contributed by atoms with Crippen LogP contribution in [0.4, 0.5) is 0 Å². The van der Waals surface area contributed by atoms with Gasteiger partial charge < -0.3 is 19.6 Å². The number of furan rings is 1. The Kier molecular flexibility index (Phi) is 4.53. The van der Waals surface area contributed by atoms with Gasteiger partial charge in [-0.25, -0.2) is 4.79 Å². The number of amides is 1. The van der Waals surface area contributed by atoms with Gasteiger partial charge in [0.1, 0.15) is 19.0 Å². The number of carbonyl (C=O) groups excluding carboxylic acids is 1. The predicted octanol–water partition coefficient (Wildman–Crippen LogP) is 0.558. The summed E-state index contributed by atoms with van der Waals surface area (Å²) in [4.78, 5) is 21.4. The number of carboxylic acid groups (broad SMARTS) is 1. The Morgan fingerprint density at radius 1 is 1.56 bits per heavy atom. The topological polar surface area (TPSA) is 88.8 Å². The Balaban J connectivity index is 2.26. The molecule has 1 aromatic rings. The monoisotopic (exact) mass is 227 g/mol. The van der Waals surface area contributed by atoms with E-state index in [1.54, 1.807) is 19.1 Å². The molecule has 0 spiro atoms. The smallest absolute Gasteiger partial charge is 0.329 e. The third-order valence-corrected chi connectivity index (χ3v) is 1.81. The van der Waals surface area contributed by atoms with Crippen molar-refractivity contribution >= 4 is 11.9 Å². The van der Waals surface area contributed by atoms with Crippen LogP contribution in [0, 0.1) is 0 Å². The number of carbonyl (C=O) groups is 2. The SMILES string of the molecule is C[C@@H](NC(=O)COCC(=O)O)c1ccco1. The molecule has 0 saturated heterocycles. The van der Waals surface area contributed by atoms with Gasteiger partial charge in [0.05, 0.1) is 12.3 Å². The van der Waals surface area contributed by atoms with Gasteiger partial charge in [0.2, 0.25) is 5.91 Å². The van der Waals surface area contributed by atoms with Crippen LogP contribution in [0.1, 0.15) is 18.7 Å². The predicted molar refractivity (Wildman–Crippen MR) is 53.7 cm³/mol. The van der Waals surface area contributed by atoms with Crippen molar-refractivity contribution in [3.63, 3.8) is 0 Å². The number of rotatable bonds is 6. The van der Waals surface area contributed by atoms with E-state index >= 15 is 0 Å². The molecule has 0 unspecified atom stereocenters. The van der Waals surface area contributed by atoms with E-state index in [9.17, 15) is 9.59 Å². The van der Waals surface area contributed by atoms with E-state index in [-0.39, 0.29) is 18.6 Å². The minimum Gasteiger partial charge on any atom is -0.480 e. The highest BCUT2D eigenvalue weighted by atomic mass is 16.5.